The molecule has 0 spiro atoms. The Morgan fingerprint density at radius 3 is 2.39 bits per heavy atom. The number of halogens is 2. The summed E-state index contributed by atoms with van der Waals surface area (Å²) in [6.07, 6.45) is -1.08. The molecule has 7 nitrogen and oxygen atoms in total. The van der Waals surface area contributed by atoms with Crippen molar-refractivity contribution in [1.29, 1.82) is 0 Å². The van der Waals surface area contributed by atoms with Gasteiger partial charge in [0.1, 0.15) is 6.10 Å². The molecular weight excluding hydrogens is 425 g/mol. The van der Waals surface area contributed by atoms with E-state index in [-0.39, 0.29) is 28.0 Å². The van der Waals surface area contributed by atoms with E-state index in [0.717, 1.165) is 5.56 Å². The number of carbonyl (C=O) groups excluding carboxylic acids is 1. The fourth-order valence-electron chi connectivity index (χ4n) is 2.40. The molecular formula is C18H21Cl2N3O4S. The van der Waals surface area contributed by atoms with E-state index in [2.05, 4.69) is 10.0 Å². The van der Waals surface area contributed by atoms with Crippen LogP contribution in [0.25, 0.3) is 0 Å². The zero-order valence-corrected chi connectivity index (χ0v) is 17.1. The molecule has 152 valence electrons. The molecule has 0 saturated carbocycles. The van der Waals surface area contributed by atoms with Crippen LogP contribution in [0, 0.1) is 0 Å². The molecule has 0 radical (unpaired) electrons. The topological polar surface area (TPSA) is 122 Å². The van der Waals surface area contributed by atoms with Crippen LogP contribution in [0.1, 0.15) is 5.56 Å². The molecule has 0 heterocycles. The number of benzene rings is 2. The minimum absolute atomic E-state index is 0.0193. The van der Waals surface area contributed by atoms with Gasteiger partial charge in [-0.3, -0.25) is 4.79 Å². The Bertz CT molecular complexity index is 910. The third-order valence-corrected chi connectivity index (χ3v) is 6.10. The molecule has 0 bridgehead atoms. The van der Waals surface area contributed by atoms with Gasteiger partial charge in [-0.2, -0.15) is 0 Å². The van der Waals surface area contributed by atoms with Gasteiger partial charge in [-0.05, 0) is 30.2 Å². The summed E-state index contributed by atoms with van der Waals surface area (Å²) in [5, 5.41) is 12.9. The summed E-state index contributed by atoms with van der Waals surface area (Å²) in [6.45, 7) is -0.0938. The van der Waals surface area contributed by atoms with Crippen LogP contribution in [-0.2, 0) is 21.2 Å². The quantitative estimate of drug-likeness (QED) is 0.433. The lowest BCUT2D eigenvalue weighted by atomic mass is 10.0. The highest BCUT2D eigenvalue weighted by Gasteiger charge is 2.23. The van der Waals surface area contributed by atoms with E-state index < -0.39 is 28.1 Å². The van der Waals surface area contributed by atoms with E-state index in [1.807, 2.05) is 30.3 Å². The largest absolute Gasteiger partial charge is 0.382 e. The van der Waals surface area contributed by atoms with Crippen LogP contribution >= 0.6 is 23.2 Å². The Balaban J connectivity index is 1.80. The van der Waals surface area contributed by atoms with Crippen molar-refractivity contribution in [3.63, 3.8) is 0 Å². The number of nitrogens with one attached hydrogen (secondary N) is 2. The second kappa shape index (κ2) is 10.2. The Hall–Kier alpha value is -1.68. The average Bonchev–Trinajstić information content (AvgIpc) is 2.67. The van der Waals surface area contributed by atoms with E-state index in [9.17, 15) is 18.3 Å². The van der Waals surface area contributed by atoms with Crippen LogP contribution in [-0.4, -0.2) is 44.7 Å². The number of sulfonamides is 1. The molecule has 0 aromatic heterocycles. The van der Waals surface area contributed by atoms with Crippen molar-refractivity contribution < 1.29 is 18.3 Å². The molecule has 0 fully saturated rings. The molecule has 1 amide bonds. The third-order valence-electron chi connectivity index (χ3n) is 3.91. The zero-order chi connectivity index (χ0) is 20.7. The van der Waals surface area contributed by atoms with Crippen molar-refractivity contribution in [2.45, 2.75) is 23.5 Å². The highest BCUT2D eigenvalue weighted by molar-refractivity contribution is 7.89. The molecule has 0 aliphatic rings. The van der Waals surface area contributed by atoms with Gasteiger partial charge in [0.05, 0.1) is 14.9 Å². The lowest BCUT2D eigenvalue weighted by Crippen LogP contribution is -2.48. The van der Waals surface area contributed by atoms with E-state index in [4.69, 9.17) is 28.9 Å². The fraction of sp³-hybridized carbons (Fsp3) is 0.278. The number of amides is 1. The summed E-state index contributed by atoms with van der Waals surface area (Å²) in [5.41, 5.74) is 6.78. The van der Waals surface area contributed by atoms with Crippen LogP contribution in [0.5, 0.6) is 0 Å². The summed E-state index contributed by atoms with van der Waals surface area (Å²) in [4.78, 5) is 12.0. The first-order chi connectivity index (χ1) is 13.2. The van der Waals surface area contributed by atoms with Gasteiger partial charge in [0.15, 0.2) is 0 Å². The minimum atomic E-state index is -3.81. The van der Waals surface area contributed by atoms with Gasteiger partial charge in [-0.1, -0.05) is 53.5 Å². The molecule has 0 aliphatic heterocycles. The lowest BCUT2D eigenvalue weighted by molar-refractivity contribution is -0.130. The molecule has 2 atom stereocenters. The maximum absolute atomic E-state index is 12.2. The second-order valence-electron chi connectivity index (χ2n) is 6.06. The second-order valence-corrected chi connectivity index (χ2v) is 8.64. The number of hydrogen-bond acceptors (Lipinski definition) is 5. The average molecular weight is 446 g/mol. The Kier molecular flexibility index (Phi) is 8.23. The van der Waals surface area contributed by atoms with Gasteiger partial charge in [-0.25, -0.2) is 13.1 Å². The highest BCUT2D eigenvalue weighted by atomic mass is 35.5. The van der Waals surface area contributed by atoms with E-state index in [0.29, 0.717) is 6.42 Å². The number of hydrogen-bond donors (Lipinski definition) is 4. The maximum Gasteiger partial charge on any atom is 0.250 e. The Morgan fingerprint density at radius 2 is 1.75 bits per heavy atom. The predicted octanol–water partition coefficient (Wildman–Crippen LogP) is 1.32. The third kappa shape index (κ3) is 6.44. The van der Waals surface area contributed by atoms with Crippen LogP contribution < -0.4 is 15.8 Å². The summed E-state index contributed by atoms with van der Waals surface area (Å²) in [5.74, 6) is -0.669. The van der Waals surface area contributed by atoms with Gasteiger partial charge in [0.25, 0.3) is 5.91 Å². The SMILES string of the molecule is NC(Cc1ccccc1)C(O)C(=O)NCCNS(=O)(=O)c1ccc(Cl)c(Cl)c1. The summed E-state index contributed by atoms with van der Waals surface area (Å²) in [6, 6.07) is 12.4. The van der Waals surface area contributed by atoms with E-state index in [1.165, 1.54) is 18.2 Å². The van der Waals surface area contributed by atoms with Crippen molar-refractivity contribution in [2.75, 3.05) is 13.1 Å². The standard InChI is InChI=1S/C18H21Cl2N3O4S/c19-14-7-6-13(11-15(14)20)28(26,27)23-9-8-22-18(25)17(24)16(21)10-12-4-2-1-3-5-12/h1-7,11,16-17,23-24H,8-10,21H2,(H,22,25). The maximum atomic E-state index is 12.2. The first-order valence-electron chi connectivity index (χ1n) is 8.40. The van der Waals surface area contributed by atoms with Gasteiger partial charge in [0, 0.05) is 19.1 Å². The Morgan fingerprint density at radius 1 is 1.07 bits per heavy atom. The number of carbonyl (C=O) groups is 1. The monoisotopic (exact) mass is 445 g/mol. The molecule has 10 heteroatoms. The highest BCUT2D eigenvalue weighted by Crippen LogP contribution is 2.24. The number of aliphatic hydroxyl groups excluding tert-OH is 1. The normalized spacial score (nSPS) is 13.7. The zero-order valence-electron chi connectivity index (χ0n) is 14.8. The number of aliphatic hydroxyl groups is 1. The molecule has 2 unspecified atom stereocenters. The van der Waals surface area contributed by atoms with Crippen molar-refractivity contribution in [1.82, 2.24) is 10.0 Å². The van der Waals surface area contributed by atoms with Crippen molar-refractivity contribution in [3.05, 3.63) is 64.1 Å². The smallest absolute Gasteiger partial charge is 0.250 e. The van der Waals surface area contributed by atoms with Gasteiger partial charge in [-0.15, -0.1) is 0 Å². The molecule has 2 rings (SSSR count). The first kappa shape index (κ1) is 22.6. The molecule has 28 heavy (non-hydrogen) atoms. The van der Waals surface area contributed by atoms with Gasteiger partial charge < -0.3 is 16.2 Å². The van der Waals surface area contributed by atoms with E-state index >= 15 is 0 Å². The number of rotatable bonds is 9. The van der Waals surface area contributed by atoms with Gasteiger partial charge in [0.2, 0.25) is 10.0 Å². The minimum Gasteiger partial charge on any atom is -0.382 e. The molecule has 0 aliphatic carbocycles. The summed E-state index contributed by atoms with van der Waals surface area (Å²) >= 11 is 11.6. The van der Waals surface area contributed by atoms with Crippen LogP contribution in [0.4, 0.5) is 0 Å². The number of nitrogens with two attached hydrogens (primary N) is 1. The molecule has 5 N–H and O–H groups in total. The van der Waals surface area contributed by atoms with E-state index in [1.54, 1.807) is 0 Å². The molecule has 2 aromatic carbocycles. The lowest BCUT2D eigenvalue weighted by Gasteiger charge is -2.18. The predicted molar refractivity (Wildman–Crippen MR) is 109 cm³/mol. The van der Waals surface area contributed by atoms with Crippen LogP contribution in [0.15, 0.2) is 53.4 Å². The summed E-state index contributed by atoms with van der Waals surface area (Å²) in [7, 11) is -3.81. The van der Waals surface area contributed by atoms with Crippen molar-refractivity contribution in [2.24, 2.45) is 5.73 Å². The first-order valence-corrected chi connectivity index (χ1v) is 10.6. The molecule has 2 aromatic rings. The summed E-state index contributed by atoms with van der Waals surface area (Å²) < 4.78 is 26.7. The Labute approximate surface area is 173 Å². The van der Waals surface area contributed by atoms with Crippen molar-refractivity contribution >= 4 is 39.1 Å². The molecule has 0 saturated heterocycles. The van der Waals surface area contributed by atoms with Gasteiger partial charge >= 0.3 is 0 Å². The van der Waals surface area contributed by atoms with Crippen LogP contribution in [0.3, 0.4) is 0 Å². The fourth-order valence-corrected chi connectivity index (χ4v) is 3.82. The van der Waals surface area contributed by atoms with Crippen molar-refractivity contribution in [3.8, 4) is 0 Å². The van der Waals surface area contributed by atoms with Crippen LogP contribution in [0.2, 0.25) is 10.0 Å².